The fourth-order valence-corrected chi connectivity index (χ4v) is 3.53. The third-order valence-corrected chi connectivity index (χ3v) is 5.67. The second kappa shape index (κ2) is 6.54. The van der Waals surface area contributed by atoms with Crippen LogP contribution in [0.4, 0.5) is 5.69 Å². The zero-order valence-electron chi connectivity index (χ0n) is 10.6. The molecule has 0 spiro atoms. The highest BCUT2D eigenvalue weighted by atomic mass is 79.9. The Morgan fingerprint density at radius 1 is 1.10 bits per heavy atom. The van der Waals surface area contributed by atoms with E-state index in [1.165, 1.54) is 12.1 Å². The Balaban J connectivity index is 2.33. The number of hydrogen-bond donors (Lipinski definition) is 2. The van der Waals surface area contributed by atoms with E-state index in [1.807, 2.05) is 0 Å². The van der Waals surface area contributed by atoms with Crippen LogP contribution in [0.25, 0.3) is 0 Å². The Hall–Kier alpha value is -0.790. The van der Waals surface area contributed by atoms with Crippen LogP contribution >= 0.6 is 39.1 Å². The first kappa shape index (κ1) is 16.6. The van der Waals surface area contributed by atoms with Crippen molar-refractivity contribution >= 4 is 54.8 Å². The standard InChI is InChI=1S/C13H11BrCl2N2O2S/c14-11-5-9(2-4-12(11)15)18-21(19,20)10-3-1-8(7-17)13(16)6-10/h1-6,18H,7,17H2. The van der Waals surface area contributed by atoms with Crippen LogP contribution in [0.3, 0.4) is 0 Å². The predicted molar refractivity (Wildman–Crippen MR) is 89.3 cm³/mol. The summed E-state index contributed by atoms with van der Waals surface area (Å²) in [5.41, 5.74) is 6.58. The molecule has 0 heterocycles. The number of rotatable bonds is 4. The maximum atomic E-state index is 12.3. The number of nitrogens with one attached hydrogen (secondary N) is 1. The molecule has 21 heavy (non-hydrogen) atoms. The highest BCUT2D eigenvalue weighted by Crippen LogP contribution is 2.27. The molecule has 0 bridgehead atoms. The molecule has 0 saturated heterocycles. The van der Waals surface area contributed by atoms with Gasteiger partial charge < -0.3 is 5.73 Å². The molecule has 0 radical (unpaired) electrons. The van der Waals surface area contributed by atoms with Crippen LogP contribution in [0.1, 0.15) is 5.56 Å². The number of sulfonamides is 1. The summed E-state index contributed by atoms with van der Waals surface area (Å²) >= 11 is 15.1. The molecule has 8 heteroatoms. The second-order valence-corrected chi connectivity index (χ2v) is 7.54. The predicted octanol–water partition coefficient (Wildman–Crippen LogP) is 4.02. The Labute approximate surface area is 141 Å². The fourth-order valence-electron chi connectivity index (χ4n) is 1.63. The van der Waals surface area contributed by atoms with Crippen LogP contribution in [0.5, 0.6) is 0 Å². The lowest BCUT2D eigenvalue weighted by atomic mass is 10.2. The van der Waals surface area contributed by atoms with Crippen molar-refractivity contribution in [2.45, 2.75) is 11.4 Å². The average Bonchev–Trinajstić information content (AvgIpc) is 2.42. The van der Waals surface area contributed by atoms with E-state index >= 15 is 0 Å². The first-order valence-corrected chi connectivity index (χ1v) is 8.83. The van der Waals surface area contributed by atoms with Crippen LogP contribution in [0.2, 0.25) is 10.0 Å². The van der Waals surface area contributed by atoms with Crippen molar-refractivity contribution in [2.24, 2.45) is 5.73 Å². The molecule has 0 aliphatic heterocycles. The molecule has 4 nitrogen and oxygen atoms in total. The zero-order valence-corrected chi connectivity index (χ0v) is 14.5. The normalized spacial score (nSPS) is 11.4. The van der Waals surface area contributed by atoms with Gasteiger partial charge in [0.15, 0.2) is 0 Å². The minimum atomic E-state index is -3.73. The minimum absolute atomic E-state index is 0.0655. The van der Waals surface area contributed by atoms with Gasteiger partial charge in [0.05, 0.1) is 15.6 Å². The highest BCUT2D eigenvalue weighted by molar-refractivity contribution is 9.10. The first-order valence-electron chi connectivity index (χ1n) is 5.80. The second-order valence-electron chi connectivity index (χ2n) is 4.19. The van der Waals surface area contributed by atoms with Crippen LogP contribution in [-0.2, 0) is 16.6 Å². The summed E-state index contributed by atoms with van der Waals surface area (Å²) in [4.78, 5) is 0.0655. The lowest BCUT2D eigenvalue weighted by Crippen LogP contribution is -2.13. The van der Waals surface area contributed by atoms with Crippen molar-refractivity contribution in [1.29, 1.82) is 0 Å². The van der Waals surface area contributed by atoms with Crippen LogP contribution < -0.4 is 10.5 Å². The Morgan fingerprint density at radius 2 is 1.81 bits per heavy atom. The van der Waals surface area contributed by atoms with Gasteiger partial charge in [-0.1, -0.05) is 29.3 Å². The van der Waals surface area contributed by atoms with Gasteiger partial charge >= 0.3 is 0 Å². The Morgan fingerprint density at radius 3 is 2.38 bits per heavy atom. The summed E-state index contributed by atoms with van der Waals surface area (Å²) in [5.74, 6) is 0. The molecular formula is C13H11BrCl2N2O2S. The van der Waals surface area contributed by atoms with Crippen molar-refractivity contribution in [3.8, 4) is 0 Å². The van der Waals surface area contributed by atoms with Gasteiger partial charge in [-0.2, -0.15) is 0 Å². The molecule has 0 amide bonds. The van der Waals surface area contributed by atoms with Crippen LogP contribution in [-0.4, -0.2) is 8.42 Å². The van der Waals surface area contributed by atoms with Gasteiger partial charge in [-0.05, 0) is 51.8 Å². The molecule has 2 aromatic carbocycles. The topological polar surface area (TPSA) is 72.2 Å². The summed E-state index contributed by atoms with van der Waals surface area (Å²) < 4.78 is 27.7. The lowest BCUT2D eigenvalue weighted by Gasteiger charge is -2.10. The van der Waals surface area contributed by atoms with E-state index in [2.05, 4.69) is 20.7 Å². The van der Waals surface area contributed by atoms with E-state index in [9.17, 15) is 8.42 Å². The zero-order chi connectivity index (χ0) is 15.6. The molecule has 2 aromatic rings. The Bertz CT molecular complexity index is 782. The van der Waals surface area contributed by atoms with Crippen molar-refractivity contribution in [2.75, 3.05) is 4.72 Å². The molecular weight excluding hydrogens is 399 g/mol. The van der Waals surface area contributed by atoms with Gasteiger partial charge in [0.1, 0.15) is 0 Å². The number of halogens is 3. The lowest BCUT2D eigenvalue weighted by molar-refractivity contribution is 0.601. The number of nitrogens with two attached hydrogens (primary N) is 1. The van der Waals surface area contributed by atoms with Gasteiger partial charge in [0, 0.05) is 16.0 Å². The van der Waals surface area contributed by atoms with Crippen LogP contribution in [0.15, 0.2) is 45.8 Å². The van der Waals surface area contributed by atoms with Crippen molar-refractivity contribution in [3.63, 3.8) is 0 Å². The van der Waals surface area contributed by atoms with Gasteiger partial charge in [0.25, 0.3) is 10.0 Å². The monoisotopic (exact) mass is 408 g/mol. The third-order valence-electron chi connectivity index (χ3n) is 2.73. The van der Waals surface area contributed by atoms with Gasteiger partial charge in [-0.3, -0.25) is 4.72 Å². The van der Waals surface area contributed by atoms with E-state index in [0.29, 0.717) is 25.8 Å². The maximum absolute atomic E-state index is 12.3. The molecule has 0 aliphatic rings. The number of hydrogen-bond acceptors (Lipinski definition) is 3. The molecule has 0 saturated carbocycles. The third kappa shape index (κ3) is 3.90. The van der Waals surface area contributed by atoms with Gasteiger partial charge in [0.2, 0.25) is 0 Å². The molecule has 112 valence electrons. The van der Waals surface area contributed by atoms with Gasteiger partial charge in [-0.15, -0.1) is 0 Å². The number of benzene rings is 2. The maximum Gasteiger partial charge on any atom is 0.261 e. The molecule has 2 rings (SSSR count). The summed E-state index contributed by atoms with van der Waals surface area (Å²) in [6.45, 7) is 0.247. The van der Waals surface area contributed by atoms with E-state index in [1.54, 1.807) is 24.3 Å². The average molecular weight is 410 g/mol. The summed E-state index contributed by atoms with van der Waals surface area (Å²) in [5, 5.41) is 0.811. The van der Waals surface area contributed by atoms with E-state index in [-0.39, 0.29) is 11.4 Å². The fraction of sp³-hybridized carbons (Fsp3) is 0.0769. The van der Waals surface area contributed by atoms with Crippen LogP contribution in [0, 0.1) is 0 Å². The number of anilines is 1. The smallest absolute Gasteiger partial charge is 0.261 e. The minimum Gasteiger partial charge on any atom is -0.326 e. The Kier molecular flexibility index (Phi) is 5.16. The largest absolute Gasteiger partial charge is 0.326 e. The van der Waals surface area contributed by atoms with E-state index in [4.69, 9.17) is 28.9 Å². The SMILES string of the molecule is NCc1ccc(S(=O)(=O)Nc2ccc(Cl)c(Br)c2)cc1Cl. The van der Waals surface area contributed by atoms with Gasteiger partial charge in [-0.25, -0.2) is 8.42 Å². The van der Waals surface area contributed by atoms with Crippen molar-refractivity contribution in [1.82, 2.24) is 0 Å². The molecule has 0 aromatic heterocycles. The molecule has 0 atom stereocenters. The van der Waals surface area contributed by atoms with Crippen molar-refractivity contribution in [3.05, 3.63) is 56.5 Å². The van der Waals surface area contributed by atoms with E-state index in [0.717, 1.165) is 0 Å². The van der Waals surface area contributed by atoms with E-state index < -0.39 is 10.0 Å². The summed E-state index contributed by atoms with van der Waals surface area (Å²) in [6, 6.07) is 9.16. The molecule has 0 unspecified atom stereocenters. The molecule has 3 N–H and O–H groups in total. The van der Waals surface area contributed by atoms with Crippen molar-refractivity contribution < 1.29 is 8.42 Å². The summed E-state index contributed by atoms with van der Waals surface area (Å²) in [7, 11) is -3.73. The molecule has 0 fully saturated rings. The summed E-state index contributed by atoms with van der Waals surface area (Å²) in [6.07, 6.45) is 0. The first-order chi connectivity index (χ1) is 9.83. The molecule has 0 aliphatic carbocycles. The highest BCUT2D eigenvalue weighted by Gasteiger charge is 2.16. The quantitative estimate of drug-likeness (QED) is 0.800.